The molecule has 16 heavy (non-hydrogen) atoms. The third kappa shape index (κ3) is 3.42. The summed E-state index contributed by atoms with van der Waals surface area (Å²) in [7, 11) is 0. The van der Waals surface area contributed by atoms with Crippen LogP contribution in [-0.2, 0) is 0 Å². The van der Waals surface area contributed by atoms with E-state index in [1.165, 1.54) is 12.1 Å². The molecule has 1 rings (SSSR count). The maximum absolute atomic E-state index is 11.9. The van der Waals surface area contributed by atoms with E-state index in [0.717, 1.165) is 0 Å². The van der Waals surface area contributed by atoms with Crippen LogP contribution in [0.2, 0.25) is 5.22 Å². The van der Waals surface area contributed by atoms with Crippen molar-refractivity contribution >= 4 is 17.5 Å². The number of carbonyl (C=O) groups excluding carboxylic acids is 1. The number of amides is 1. The summed E-state index contributed by atoms with van der Waals surface area (Å²) < 4.78 is 40.2. The van der Waals surface area contributed by atoms with E-state index in [1.54, 1.807) is 0 Å². The smallest absolute Gasteiger partial charge is 0.416 e. The van der Waals surface area contributed by atoms with Gasteiger partial charge in [-0.2, -0.15) is 13.2 Å². The van der Waals surface area contributed by atoms with Gasteiger partial charge in [-0.05, 0) is 23.7 Å². The molecule has 1 aromatic heterocycles. The molecule has 90 valence electrons. The molecular weight excluding hydrogens is 251 g/mol. The van der Waals surface area contributed by atoms with E-state index in [2.05, 4.69) is 4.42 Å². The molecule has 0 spiro atoms. The van der Waals surface area contributed by atoms with Crippen LogP contribution in [0.4, 0.5) is 13.2 Å². The van der Waals surface area contributed by atoms with Gasteiger partial charge in [0.05, 0.1) is 6.54 Å². The standard InChI is InChI=1S/C8H7ClF3NO3/c9-6-2-1-4(16-6)7(15)13-3-5(14)8(10,11)12/h1-2,5,14H,3H2,(H,13,15). The van der Waals surface area contributed by atoms with Crippen molar-refractivity contribution in [3.63, 3.8) is 0 Å². The fourth-order valence-electron chi connectivity index (χ4n) is 0.829. The van der Waals surface area contributed by atoms with E-state index in [1.807, 2.05) is 5.32 Å². The van der Waals surface area contributed by atoms with E-state index < -0.39 is 24.7 Å². The summed E-state index contributed by atoms with van der Waals surface area (Å²) in [4.78, 5) is 11.1. The highest BCUT2D eigenvalue weighted by Crippen LogP contribution is 2.19. The third-order valence-corrected chi connectivity index (χ3v) is 1.83. The van der Waals surface area contributed by atoms with Crippen molar-refractivity contribution in [3.8, 4) is 0 Å². The van der Waals surface area contributed by atoms with Gasteiger partial charge in [-0.25, -0.2) is 0 Å². The zero-order valence-electron chi connectivity index (χ0n) is 7.71. The highest BCUT2D eigenvalue weighted by atomic mass is 35.5. The maximum Gasteiger partial charge on any atom is 0.416 e. The lowest BCUT2D eigenvalue weighted by molar-refractivity contribution is -0.201. The average Bonchev–Trinajstić information content (AvgIpc) is 2.59. The van der Waals surface area contributed by atoms with Gasteiger partial charge in [0.25, 0.3) is 5.91 Å². The second-order valence-electron chi connectivity index (χ2n) is 2.87. The molecule has 2 N–H and O–H groups in total. The van der Waals surface area contributed by atoms with Crippen LogP contribution in [0.3, 0.4) is 0 Å². The third-order valence-electron chi connectivity index (χ3n) is 1.63. The summed E-state index contributed by atoms with van der Waals surface area (Å²) in [6.07, 6.45) is -7.38. The van der Waals surface area contributed by atoms with Crippen LogP contribution in [0.25, 0.3) is 0 Å². The van der Waals surface area contributed by atoms with Crippen molar-refractivity contribution in [3.05, 3.63) is 23.1 Å². The summed E-state index contributed by atoms with van der Waals surface area (Å²) in [5, 5.41) is 10.4. The Hall–Kier alpha value is -1.21. The summed E-state index contributed by atoms with van der Waals surface area (Å²) in [5.41, 5.74) is 0. The van der Waals surface area contributed by atoms with Crippen LogP contribution in [-0.4, -0.2) is 29.8 Å². The van der Waals surface area contributed by atoms with Gasteiger partial charge in [0.1, 0.15) is 0 Å². The van der Waals surface area contributed by atoms with Crippen LogP contribution < -0.4 is 5.32 Å². The van der Waals surface area contributed by atoms with Crippen LogP contribution in [0, 0.1) is 0 Å². The number of rotatable bonds is 3. The highest BCUT2D eigenvalue weighted by Gasteiger charge is 2.38. The molecule has 1 amide bonds. The fourth-order valence-corrected chi connectivity index (χ4v) is 0.975. The van der Waals surface area contributed by atoms with Gasteiger partial charge in [-0.1, -0.05) is 0 Å². The van der Waals surface area contributed by atoms with Gasteiger partial charge in [0, 0.05) is 0 Å². The Bertz CT molecular complexity index is 377. The molecule has 0 radical (unpaired) electrons. The molecule has 1 aromatic rings. The predicted molar refractivity (Wildman–Crippen MR) is 48.1 cm³/mol. The van der Waals surface area contributed by atoms with Crippen molar-refractivity contribution in [1.82, 2.24) is 5.32 Å². The summed E-state index contributed by atoms with van der Waals surface area (Å²) in [6.45, 7) is -0.944. The molecule has 0 aliphatic carbocycles. The summed E-state index contributed by atoms with van der Waals surface area (Å²) in [5.74, 6) is -1.10. The second-order valence-corrected chi connectivity index (χ2v) is 3.24. The Kier molecular flexibility index (Phi) is 3.82. The van der Waals surface area contributed by atoms with E-state index in [-0.39, 0.29) is 11.0 Å². The normalized spacial score (nSPS) is 13.6. The molecule has 0 aromatic carbocycles. The Labute approximate surface area is 93.0 Å². The Morgan fingerprint density at radius 3 is 2.62 bits per heavy atom. The number of aliphatic hydroxyl groups excluding tert-OH is 1. The molecule has 0 bridgehead atoms. The lowest BCUT2D eigenvalue weighted by Crippen LogP contribution is -2.40. The zero-order valence-corrected chi connectivity index (χ0v) is 8.47. The largest absolute Gasteiger partial charge is 0.440 e. The van der Waals surface area contributed by atoms with Gasteiger partial charge < -0.3 is 14.8 Å². The fraction of sp³-hybridized carbons (Fsp3) is 0.375. The molecule has 1 atom stereocenters. The van der Waals surface area contributed by atoms with Crippen molar-refractivity contribution in [2.24, 2.45) is 0 Å². The first-order valence-corrected chi connectivity index (χ1v) is 4.47. The SMILES string of the molecule is O=C(NCC(O)C(F)(F)F)c1ccc(Cl)o1. The van der Waals surface area contributed by atoms with Crippen LogP contribution in [0.5, 0.6) is 0 Å². The molecule has 1 heterocycles. The number of carbonyl (C=O) groups is 1. The molecule has 4 nitrogen and oxygen atoms in total. The predicted octanol–water partition coefficient (Wildman–Crippen LogP) is 1.59. The first kappa shape index (κ1) is 12.9. The van der Waals surface area contributed by atoms with Gasteiger partial charge in [0.15, 0.2) is 17.1 Å². The van der Waals surface area contributed by atoms with Crippen molar-refractivity contribution in [2.45, 2.75) is 12.3 Å². The number of nitrogens with one attached hydrogen (secondary N) is 1. The Balaban J connectivity index is 2.48. The monoisotopic (exact) mass is 257 g/mol. The number of furan rings is 1. The van der Waals surface area contributed by atoms with Crippen LogP contribution >= 0.6 is 11.6 Å². The number of alkyl halides is 3. The molecule has 0 fully saturated rings. The van der Waals surface area contributed by atoms with Crippen LogP contribution in [0.15, 0.2) is 16.5 Å². The Morgan fingerprint density at radius 2 is 2.19 bits per heavy atom. The lowest BCUT2D eigenvalue weighted by atomic mass is 10.3. The summed E-state index contributed by atoms with van der Waals surface area (Å²) >= 11 is 5.36. The highest BCUT2D eigenvalue weighted by molar-refractivity contribution is 6.29. The Morgan fingerprint density at radius 1 is 1.56 bits per heavy atom. The van der Waals surface area contributed by atoms with Gasteiger partial charge in [-0.15, -0.1) is 0 Å². The number of hydrogen-bond acceptors (Lipinski definition) is 3. The first-order valence-electron chi connectivity index (χ1n) is 4.09. The minimum Gasteiger partial charge on any atom is -0.440 e. The minimum atomic E-state index is -4.77. The van der Waals surface area contributed by atoms with E-state index >= 15 is 0 Å². The molecular formula is C8H7ClF3NO3. The second kappa shape index (κ2) is 4.75. The van der Waals surface area contributed by atoms with Gasteiger partial charge in [-0.3, -0.25) is 4.79 Å². The molecule has 0 aliphatic heterocycles. The number of hydrogen-bond donors (Lipinski definition) is 2. The minimum absolute atomic E-state index is 0.0541. The molecule has 0 aliphatic rings. The molecule has 0 saturated carbocycles. The maximum atomic E-state index is 11.9. The van der Waals surface area contributed by atoms with Crippen molar-refractivity contribution in [2.75, 3.05) is 6.54 Å². The lowest BCUT2D eigenvalue weighted by Gasteiger charge is -2.14. The number of aliphatic hydroxyl groups is 1. The van der Waals surface area contributed by atoms with E-state index in [4.69, 9.17) is 16.7 Å². The zero-order chi connectivity index (χ0) is 12.3. The quantitative estimate of drug-likeness (QED) is 0.864. The molecule has 1 unspecified atom stereocenters. The first-order chi connectivity index (χ1) is 7.30. The summed E-state index contributed by atoms with van der Waals surface area (Å²) in [6, 6.07) is 2.48. The molecule has 0 saturated heterocycles. The van der Waals surface area contributed by atoms with E-state index in [9.17, 15) is 18.0 Å². The van der Waals surface area contributed by atoms with Crippen LogP contribution in [0.1, 0.15) is 10.6 Å². The topological polar surface area (TPSA) is 62.5 Å². The molecule has 8 heteroatoms. The van der Waals surface area contributed by atoms with Gasteiger partial charge >= 0.3 is 6.18 Å². The van der Waals surface area contributed by atoms with E-state index in [0.29, 0.717) is 0 Å². The van der Waals surface area contributed by atoms with Crippen molar-refractivity contribution < 1.29 is 27.5 Å². The van der Waals surface area contributed by atoms with Crippen molar-refractivity contribution in [1.29, 1.82) is 0 Å². The average molecular weight is 258 g/mol. The number of halogens is 4. The van der Waals surface area contributed by atoms with Gasteiger partial charge in [0.2, 0.25) is 0 Å².